The lowest BCUT2D eigenvalue weighted by molar-refractivity contribution is 0.797. The first-order chi connectivity index (χ1) is 6.74. The van der Waals surface area contributed by atoms with Crippen molar-refractivity contribution in [1.82, 2.24) is 9.78 Å². The van der Waals surface area contributed by atoms with E-state index in [9.17, 15) is 0 Å². The number of fused-ring (bicyclic) bond motifs is 1. The van der Waals surface area contributed by atoms with Crippen LogP contribution >= 0.6 is 11.6 Å². The molecule has 0 N–H and O–H groups in total. The first kappa shape index (κ1) is 9.04. The SMILES string of the molecule is Cn1nc(Cl)c2c(CC#N)cccc21. The predicted octanol–water partition coefficient (Wildman–Crippen LogP) is 2.29. The standard InChI is InChI=1S/C10H8ClN3/c1-14-8-4-2-3-7(5-6-12)9(8)10(11)13-14/h2-4H,5H2,1H3. The molecule has 0 aliphatic heterocycles. The smallest absolute Gasteiger partial charge is 0.159 e. The van der Waals surface area contributed by atoms with E-state index in [0.29, 0.717) is 11.6 Å². The molecule has 0 spiro atoms. The van der Waals surface area contributed by atoms with Crippen molar-refractivity contribution in [3.8, 4) is 6.07 Å². The first-order valence-corrected chi connectivity index (χ1v) is 4.59. The van der Waals surface area contributed by atoms with Crippen LogP contribution < -0.4 is 0 Å². The van der Waals surface area contributed by atoms with Gasteiger partial charge >= 0.3 is 0 Å². The number of halogens is 1. The Balaban J connectivity index is 2.80. The van der Waals surface area contributed by atoms with Gasteiger partial charge in [0.15, 0.2) is 5.15 Å². The minimum absolute atomic E-state index is 0.364. The molecule has 14 heavy (non-hydrogen) atoms. The third-order valence-electron chi connectivity index (χ3n) is 2.19. The summed E-state index contributed by atoms with van der Waals surface area (Å²) in [4.78, 5) is 0. The van der Waals surface area contributed by atoms with Gasteiger partial charge in [0.05, 0.1) is 18.0 Å². The molecule has 0 fully saturated rings. The van der Waals surface area contributed by atoms with E-state index in [0.717, 1.165) is 16.5 Å². The molecule has 0 bridgehead atoms. The number of hydrogen-bond acceptors (Lipinski definition) is 2. The number of benzene rings is 1. The van der Waals surface area contributed by atoms with Crippen LogP contribution in [0.15, 0.2) is 18.2 Å². The van der Waals surface area contributed by atoms with Crippen LogP contribution in [0.5, 0.6) is 0 Å². The molecule has 1 aromatic heterocycles. The second-order valence-corrected chi connectivity index (χ2v) is 3.42. The van der Waals surface area contributed by atoms with Gasteiger partial charge in [0.2, 0.25) is 0 Å². The van der Waals surface area contributed by atoms with E-state index in [2.05, 4.69) is 11.2 Å². The lowest BCUT2D eigenvalue weighted by atomic mass is 10.1. The number of aryl methyl sites for hydroxylation is 1. The molecule has 0 saturated carbocycles. The van der Waals surface area contributed by atoms with E-state index < -0.39 is 0 Å². The first-order valence-electron chi connectivity index (χ1n) is 4.21. The summed E-state index contributed by atoms with van der Waals surface area (Å²) in [5.41, 5.74) is 1.89. The molecular weight excluding hydrogens is 198 g/mol. The van der Waals surface area contributed by atoms with Gasteiger partial charge in [0, 0.05) is 12.4 Å². The van der Waals surface area contributed by atoms with Crippen LogP contribution in [-0.2, 0) is 13.5 Å². The molecule has 0 unspecified atom stereocenters. The fourth-order valence-electron chi connectivity index (χ4n) is 1.56. The third-order valence-corrected chi connectivity index (χ3v) is 2.46. The van der Waals surface area contributed by atoms with Gasteiger partial charge < -0.3 is 0 Å². The monoisotopic (exact) mass is 205 g/mol. The summed E-state index contributed by atoms with van der Waals surface area (Å²) in [6, 6.07) is 7.87. The zero-order chi connectivity index (χ0) is 10.1. The number of rotatable bonds is 1. The van der Waals surface area contributed by atoms with E-state index in [1.165, 1.54) is 0 Å². The topological polar surface area (TPSA) is 41.6 Å². The van der Waals surface area contributed by atoms with Crippen LogP contribution in [0.2, 0.25) is 5.15 Å². The van der Waals surface area contributed by atoms with Gasteiger partial charge in [-0.3, -0.25) is 4.68 Å². The third kappa shape index (κ3) is 1.24. The minimum atomic E-state index is 0.364. The summed E-state index contributed by atoms with van der Waals surface area (Å²) < 4.78 is 1.72. The van der Waals surface area contributed by atoms with Gasteiger partial charge in [-0.1, -0.05) is 23.7 Å². The Morgan fingerprint density at radius 3 is 3.07 bits per heavy atom. The van der Waals surface area contributed by atoms with Gasteiger partial charge in [0.25, 0.3) is 0 Å². The van der Waals surface area contributed by atoms with Crippen LogP contribution in [0.1, 0.15) is 5.56 Å². The van der Waals surface area contributed by atoms with Crippen LogP contribution in [-0.4, -0.2) is 9.78 Å². The van der Waals surface area contributed by atoms with Crippen LogP contribution in [0.25, 0.3) is 10.9 Å². The molecular formula is C10H8ClN3. The maximum Gasteiger partial charge on any atom is 0.159 e. The molecule has 1 heterocycles. The highest BCUT2D eigenvalue weighted by Gasteiger charge is 2.09. The maximum atomic E-state index is 8.66. The van der Waals surface area contributed by atoms with Gasteiger partial charge in [-0.15, -0.1) is 0 Å². The van der Waals surface area contributed by atoms with E-state index in [1.54, 1.807) is 4.68 Å². The van der Waals surface area contributed by atoms with Crippen LogP contribution in [0, 0.1) is 11.3 Å². The highest BCUT2D eigenvalue weighted by atomic mass is 35.5. The number of nitriles is 1. The molecule has 1 aromatic carbocycles. The molecule has 2 rings (SSSR count). The Bertz CT molecular complexity index is 522. The van der Waals surface area contributed by atoms with Crippen molar-refractivity contribution < 1.29 is 0 Å². The van der Waals surface area contributed by atoms with Gasteiger partial charge in [-0.2, -0.15) is 10.4 Å². The Morgan fingerprint density at radius 2 is 2.36 bits per heavy atom. The van der Waals surface area contributed by atoms with Crippen LogP contribution in [0.3, 0.4) is 0 Å². The van der Waals surface area contributed by atoms with E-state index in [4.69, 9.17) is 16.9 Å². The normalized spacial score (nSPS) is 10.4. The Morgan fingerprint density at radius 1 is 1.57 bits per heavy atom. The van der Waals surface area contributed by atoms with Gasteiger partial charge in [-0.05, 0) is 11.6 Å². The summed E-state index contributed by atoms with van der Waals surface area (Å²) in [5, 5.41) is 14.1. The quantitative estimate of drug-likeness (QED) is 0.717. The Hall–Kier alpha value is -1.53. The fraction of sp³-hybridized carbons (Fsp3) is 0.200. The van der Waals surface area contributed by atoms with Gasteiger partial charge in [-0.25, -0.2) is 0 Å². The molecule has 3 nitrogen and oxygen atoms in total. The van der Waals surface area contributed by atoms with Crippen molar-refractivity contribution in [2.24, 2.45) is 7.05 Å². The Labute approximate surface area is 86.5 Å². The van der Waals surface area contributed by atoms with Crippen molar-refractivity contribution in [2.75, 3.05) is 0 Å². The average Bonchev–Trinajstić information content (AvgIpc) is 2.44. The van der Waals surface area contributed by atoms with Crippen LogP contribution in [0.4, 0.5) is 0 Å². The molecule has 0 atom stereocenters. The van der Waals surface area contributed by atoms with Crippen molar-refractivity contribution in [1.29, 1.82) is 5.26 Å². The molecule has 2 aromatic rings. The van der Waals surface area contributed by atoms with E-state index >= 15 is 0 Å². The molecule has 0 aliphatic carbocycles. The minimum Gasteiger partial charge on any atom is -0.266 e. The number of hydrogen-bond donors (Lipinski definition) is 0. The molecule has 0 radical (unpaired) electrons. The zero-order valence-electron chi connectivity index (χ0n) is 7.66. The lowest BCUT2D eigenvalue weighted by Gasteiger charge is -1.97. The predicted molar refractivity (Wildman–Crippen MR) is 55.0 cm³/mol. The molecule has 0 saturated heterocycles. The molecule has 4 heteroatoms. The van der Waals surface area contributed by atoms with Crippen molar-refractivity contribution in [2.45, 2.75) is 6.42 Å². The average molecular weight is 206 g/mol. The van der Waals surface area contributed by atoms with Crippen molar-refractivity contribution in [3.05, 3.63) is 28.9 Å². The fourth-order valence-corrected chi connectivity index (χ4v) is 1.89. The van der Waals surface area contributed by atoms with Crippen molar-refractivity contribution >= 4 is 22.5 Å². The zero-order valence-corrected chi connectivity index (χ0v) is 8.41. The summed E-state index contributed by atoms with van der Waals surface area (Å²) in [6.07, 6.45) is 0.364. The lowest BCUT2D eigenvalue weighted by Crippen LogP contribution is -1.89. The highest BCUT2D eigenvalue weighted by Crippen LogP contribution is 2.25. The van der Waals surface area contributed by atoms with E-state index in [1.807, 2.05) is 25.2 Å². The highest BCUT2D eigenvalue weighted by molar-refractivity contribution is 6.34. The molecule has 70 valence electrons. The number of nitrogens with zero attached hydrogens (tertiary/aromatic N) is 3. The maximum absolute atomic E-state index is 8.66. The summed E-state index contributed by atoms with van der Waals surface area (Å²) in [5.74, 6) is 0. The molecule has 0 amide bonds. The van der Waals surface area contributed by atoms with E-state index in [-0.39, 0.29) is 0 Å². The largest absolute Gasteiger partial charge is 0.266 e. The second-order valence-electron chi connectivity index (χ2n) is 3.06. The van der Waals surface area contributed by atoms with Gasteiger partial charge in [0.1, 0.15) is 0 Å². The Kier molecular flexibility index (Phi) is 2.14. The summed E-state index contributed by atoms with van der Waals surface area (Å²) >= 11 is 5.98. The summed E-state index contributed by atoms with van der Waals surface area (Å²) in [7, 11) is 1.84. The number of aromatic nitrogens is 2. The second kappa shape index (κ2) is 3.32. The van der Waals surface area contributed by atoms with Crippen molar-refractivity contribution in [3.63, 3.8) is 0 Å². The summed E-state index contributed by atoms with van der Waals surface area (Å²) in [6.45, 7) is 0. The molecule has 0 aliphatic rings.